The summed E-state index contributed by atoms with van der Waals surface area (Å²) in [6, 6.07) is 0.892. The lowest BCUT2D eigenvalue weighted by molar-refractivity contribution is -0.143. The molecule has 124 valence electrons. The average Bonchev–Trinajstić information content (AvgIpc) is 2.41. The maximum Gasteiger partial charge on any atom is 0.416 e. The van der Waals surface area contributed by atoms with Crippen molar-refractivity contribution in [3.8, 4) is 0 Å². The number of hydrogen-bond donors (Lipinski definition) is 0. The molecule has 0 radical (unpaired) electrons. The summed E-state index contributed by atoms with van der Waals surface area (Å²) in [5, 5.41) is 0. The Kier molecular flexibility index (Phi) is 5.48. The maximum atomic E-state index is 12.7. The Morgan fingerprint density at radius 1 is 1.00 bits per heavy atom. The van der Waals surface area contributed by atoms with E-state index >= 15 is 0 Å². The van der Waals surface area contributed by atoms with E-state index in [4.69, 9.17) is 0 Å². The van der Waals surface area contributed by atoms with E-state index < -0.39 is 35.0 Å². The van der Waals surface area contributed by atoms with E-state index in [-0.39, 0.29) is 12.6 Å². The van der Waals surface area contributed by atoms with Gasteiger partial charge in [0.1, 0.15) is 0 Å². The van der Waals surface area contributed by atoms with E-state index in [0.717, 1.165) is 11.3 Å². The largest absolute Gasteiger partial charge is 0.416 e. The molecule has 0 aliphatic carbocycles. The van der Waals surface area contributed by atoms with E-state index in [9.17, 15) is 31.1 Å². The Morgan fingerprint density at radius 3 is 1.82 bits per heavy atom. The fourth-order valence-electron chi connectivity index (χ4n) is 1.80. The SMILES string of the molecule is CCCCN(C)C(=O)c1cc(C(F)(F)F)cc(C(F)(F)F)c1. The van der Waals surface area contributed by atoms with Crippen molar-refractivity contribution in [2.45, 2.75) is 32.1 Å². The molecule has 0 heterocycles. The van der Waals surface area contributed by atoms with Gasteiger partial charge in [0.2, 0.25) is 0 Å². The summed E-state index contributed by atoms with van der Waals surface area (Å²) in [4.78, 5) is 13.1. The zero-order valence-corrected chi connectivity index (χ0v) is 12.0. The van der Waals surface area contributed by atoms with Crippen molar-refractivity contribution in [1.82, 2.24) is 4.90 Å². The molecule has 0 N–H and O–H groups in total. The van der Waals surface area contributed by atoms with Crippen LogP contribution in [0, 0.1) is 0 Å². The van der Waals surface area contributed by atoms with Gasteiger partial charge in [-0.05, 0) is 24.6 Å². The summed E-state index contributed by atoms with van der Waals surface area (Å²) >= 11 is 0. The Hall–Kier alpha value is -1.73. The minimum Gasteiger partial charge on any atom is -0.342 e. The van der Waals surface area contributed by atoms with E-state index in [0.29, 0.717) is 18.6 Å². The van der Waals surface area contributed by atoms with Crippen LogP contribution in [0.25, 0.3) is 0 Å². The quantitative estimate of drug-likeness (QED) is 0.740. The molecule has 8 heteroatoms. The van der Waals surface area contributed by atoms with Crippen molar-refractivity contribution >= 4 is 5.91 Å². The van der Waals surface area contributed by atoms with Crippen LogP contribution in [0.5, 0.6) is 0 Å². The fraction of sp³-hybridized carbons (Fsp3) is 0.500. The van der Waals surface area contributed by atoms with Crippen LogP contribution in [-0.2, 0) is 12.4 Å². The Labute approximate surface area is 123 Å². The van der Waals surface area contributed by atoms with Crippen molar-refractivity contribution in [2.75, 3.05) is 13.6 Å². The minimum absolute atomic E-state index is 0.00280. The number of amides is 1. The van der Waals surface area contributed by atoms with Gasteiger partial charge in [-0.3, -0.25) is 4.79 Å². The van der Waals surface area contributed by atoms with E-state index in [1.165, 1.54) is 7.05 Å². The molecule has 0 aromatic heterocycles. The lowest BCUT2D eigenvalue weighted by atomic mass is 10.0. The molecular weight excluding hydrogens is 312 g/mol. The normalized spacial score (nSPS) is 12.4. The molecule has 2 nitrogen and oxygen atoms in total. The van der Waals surface area contributed by atoms with Gasteiger partial charge in [0, 0.05) is 19.2 Å². The standard InChI is InChI=1S/C14H15F6NO/c1-3-4-5-21(2)12(22)9-6-10(13(15,16)17)8-11(7-9)14(18,19)20/h6-8H,3-5H2,1-2H3. The first kappa shape index (κ1) is 18.3. The van der Waals surface area contributed by atoms with Gasteiger partial charge in [-0.1, -0.05) is 13.3 Å². The van der Waals surface area contributed by atoms with Crippen molar-refractivity contribution in [3.05, 3.63) is 34.9 Å². The molecule has 1 rings (SSSR count). The van der Waals surface area contributed by atoms with Crippen LogP contribution < -0.4 is 0 Å². The molecular formula is C14H15F6NO. The molecule has 0 saturated carbocycles. The van der Waals surface area contributed by atoms with Gasteiger partial charge >= 0.3 is 12.4 Å². The van der Waals surface area contributed by atoms with Crippen molar-refractivity contribution in [2.24, 2.45) is 0 Å². The smallest absolute Gasteiger partial charge is 0.342 e. The number of halogens is 6. The molecule has 0 unspecified atom stereocenters. The molecule has 0 saturated heterocycles. The summed E-state index contributed by atoms with van der Waals surface area (Å²) in [6.45, 7) is 2.11. The maximum absolute atomic E-state index is 12.7. The zero-order chi connectivity index (χ0) is 17.1. The molecule has 0 aliphatic heterocycles. The van der Waals surface area contributed by atoms with Crippen molar-refractivity contribution in [1.29, 1.82) is 0 Å². The van der Waals surface area contributed by atoms with Crippen molar-refractivity contribution < 1.29 is 31.1 Å². The molecule has 1 aromatic rings. The van der Waals surface area contributed by atoms with Crippen molar-refractivity contribution in [3.63, 3.8) is 0 Å². The molecule has 1 amide bonds. The van der Waals surface area contributed by atoms with Gasteiger partial charge in [0.05, 0.1) is 11.1 Å². The second-order valence-electron chi connectivity index (χ2n) is 4.87. The number of hydrogen-bond acceptors (Lipinski definition) is 1. The third-order valence-electron chi connectivity index (χ3n) is 3.03. The highest BCUT2D eigenvalue weighted by molar-refractivity contribution is 5.94. The van der Waals surface area contributed by atoms with Crippen LogP contribution >= 0.6 is 0 Å². The highest BCUT2D eigenvalue weighted by Gasteiger charge is 2.37. The Bertz CT molecular complexity index is 503. The van der Waals surface area contributed by atoms with Crippen LogP contribution in [0.15, 0.2) is 18.2 Å². The monoisotopic (exact) mass is 327 g/mol. The molecule has 0 aliphatic rings. The second-order valence-corrected chi connectivity index (χ2v) is 4.87. The summed E-state index contributed by atoms with van der Waals surface area (Å²) in [6.07, 6.45) is -8.57. The third-order valence-corrected chi connectivity index (χ3v) is 3.03. The number of carbonyl (C=O) groups excluding carboxylic acids is 1. The summed E-state index contributed by atoms with van der Waals surface area (Å²) in [5.41, 5.74) is -3.61. The van der Waals surface area contributed by atoms with Gasteiger partial charge in [-0.25, -0.2) is 0 Å². The van der Waals surface area contributed by atoms with Gasteiger partial charge in [-0.15, -0.1) is 0 Å². The molecule has 0 fully saturated rings. The van der Waals surface area contributed by atoms with E-state index in [1.54, 1.807) is 0 Å². The van der Waals surface area contributed by atoms with Crippen LogP contribution in [-0.4, -0.2) is 24.4 Å². The lowest BCUT2D eigenvalue weighted by Gasteiger charge is -2.19. The Balaban J connectivity index is 3.27. The highest BCUT2D eigenvalue weighted by Crippen LogP contribution is 2.36. The number of rotatable bonds is 4. The summed E-state index contributed by atoms with van der Waals surface area (Å²) in [7, 11) is 1.34. The van der Waals surface area contributed by atoms with Crippen LogP contribution in [0.3, 0.4) is 0 Å². The van der Waals surface area contributed by atoms with Crippen LogP contribution in [0.1, 0.15) is 41.3 Å². The third kappa shape index (κ3) is 4.64. The van der Waals surface area contributed by atoms with Gasteiger partial charge in [0.25, 0.3) is 5.91 Å². The number of carbonyl (C=O) groups is 1. The number of nitrogens with zero attached hydrogens (tertiary/aromatic N) is 1. The number of alkyl halides is 6. The van der Waals surface area contributed by atoms with Crippen LogP contribution in [0.2, 0.25) is 0 Å². The molecule has 0 spiro atoms. The minimum atomic E-state index is -4.96. The Morgan fingerprint density at radius 2 is 1.45 bits per heavy atom. The fourth-order valence-corrected chi connectivity index (χ4v) is 1.80. The van der Waals surface area contributed by atoms with E-state index in [2.05, 4.69) is 0 Å². The number of unbranched alkanes of at least 4 members (excludes halogenated alkanes) is 1. The predicted octanol–water partition coefficient (Wildman–Crippen LogP) is 4.60. The summed E-state index contributed by atoms with van der Waals surface area (Å²) in [5.74, 6) is -0.870. The van der Waals surface area contributed by atoms with Gasteiger partial charge in [0.15, 0.2) is 0 Å². The first-order valence-corrected chi connectivity index (χ1v) is 6.51. The molecule has 1 aromatic carbocycles. The first-order valence-electron chi connectivity index (χ1n) is 6.51. The molecule has 22 heavy (non-hydrogen) atoms. The first-order chi connectivity index (χ1) is 9.96. The molecule has 0 bridgehead atoms. The topological polar surface area (TPSA) is 20.3 Å². The van der Waals surface area contributed by atoms with Crippen LogP contribution in [0.4, 0.5) is 26.3 Å². The summed E-state index contributed by atoms with van der Waals surface area (Å²) < 4.78 is 76.3. The lowest BCUT2D eigenvalue weighted by Crippen LogP contribution is -2.28. The van der Waals surface area contributed by atoms with E-state index in [1.807, 2.05) is 6.92 Å². The highest BCUT2D eigenvalue weighted by atomic mass is 19.4. The van der Waals surface area contributed by atoms with Gasteiger partial charge < -0.3 is 4.90 Å². The van der Waals surface area contributed by atoms with Gasteiger partial charge in [-0.2, -0.15) is 26.3 Å². The second kappa shape index (κ2) is 6.58. The zero-order valence-electron chi connectivity index (χ0n) is 12.0. The molecule has 0 atom stereocenters. The predicted molar refractivity (Wildman–Crippen MR) is 68.3 cm³/mol. The number of benzene rings is 1. The average molecular weight is 327 g/mol.